The second-order valence-electron chi connectivity index (χ2n) is 11.1. The number of benzene rings is 5. The molecule has 232 valence electrons. The molecule has 0 fully saturated rings. The number of carboxylic acids is 1. The summed E-state index contributed by atoms with van der Waals surface area (Å²) >= 11 is 0. The number of ether oxygens (including phenoxy) is 1. The molecule has 48 heavy (non-hydrogen) atoms. The van der Waals surface area contributed by atoms with Gasteiger partial charge in [0.15, 0.2) is 5.82 Å². The van der Waals surface area contributed by atoms with Crippen LogP contribution in [0.1, 0.15) is 42.2 Å². The van der Waals surface area contributed by atoms with Crippen molar-refractivity contribution in [3.63, 3.8) is 0 Å². The van der Waals surface area contributed by atoms with Crippen molar-refractivity contribution in [2.45, 2.75) is 0 Å². The number of rotatable bonds is 8. The number of nitrogens with zero attached hydrogens (tertiary/aromatic N) is 3. The van der Waals surface area contributed by atoms with Crippen molar-refractivity contribution in [3.05, 3.63) is 155 Å². The van der Waals surface area contributed by atoms with Crippen LogP contribution in [0, 0.1) is 0 Å². The summed E-state index contributed by atoms with van der Waals surface area (Å²) in [5.74, 6) is -0.865. The summed E-state index contributed by atoms with van der Waals surface area (Å²) in [6.07, 6.45) is 4.09. The lowest BCUT2D eigenvalue weighted by Crippen LogP contribution is -2.29. The van der Waals surface area contributed by atoms with E-state index in [2.05, 4.69) is 0 Å². The summed E-state index contributed by atoms with van der Waals surface area (Å²) in [5, 5.41) is 9.34. The van der Waals surface area contributed by atoms with Crippen LogP contribution in [0.2, 0.25) is 0 Å². The van der Waals surface area contributed by atoms with E-state index in [1.54, 1.807) is 31.4 Å². The Hall–Kier alpha value is -6.67. The zero-order chi connectivity index (χ0) is 33.2. The van der Waals surface area contributed by atoms with E-state index in [-0.39, 0.29) is 16.7 Å². The molecule has 0 radical (unpaired) electrons. The molecule has 7 rings (SSSR count). The molecule has 1 aromatic heterocycles. The molecule has 5 aromatic carbocycles. The maximum absolute atomic E-state index is 13.2. The van der Waals surface area contributed by atoms with Gasteiger partial charge in [-0.2, -0.15) is 0 Å². The summed E-state index contributed by atoms with van der Waals surface area (Å²) in [5.41, 5.74) is 6.61. The number of aromatic nitrogens is 2. The number of carbonyl (C=O) groups excluding carboxylic acids is 2. The predicted octanol–water partition coefficient (Wildman–Crippen LogP) is 8.16. The number of hydrogen-bond acceptors (Lipinski definition) is 6. The van der Waals surface area contributed by atoms with Crippen LogP contribution in [-0.2, 0) is 0 Å². The Morgan fingerprint density at radius 1 is 0.646 bits per heavy atom. The highest BCUT2D eigenvalue weighted by Crippen LogP contribution is 2.32. The molecule has 8 nitrogen and oxygen atoms in total. The molecule has 0 unspecified atom stereocenters. The normalized spacial score (nSPS) is 12.4. The van der Waals surface area contributed by atoms with Gasteiger partial charge in [-0.15, -0.1) is 0 Å². The van der Waals surface area contributed by atoms with Gasteiger partial charge in [-0.1, -0.05) is 91.0 Å². The fourth-order valence-electron chi connectivity index (χ4n) is 5.52. The molecule has 2 amide bonds. The number of aromatic carboxylic acids is 1. The largest absolute Gasteiger partial charge is 0.497 e. The highest BCUT2D eigenvalue weighted by atomic mass is 16.5. The summed E-state index contributed by atoms with van der Waals surface area (Å²) in [7, 11) is 1.65. The molecule has 6 aromatic rings. The van der Waals surface area contributed by atoms with E-state index in [9.17, 15) is 19.5 Å². The third-order valence-corrected chi connectivity index (χ3v) is 8.10. The van der Waals surface area contributed by atoms with Crippen molar-refractivity contribution < 1.29 is 24.2 Å². The molecular weight excluding hydrogens is 602 g/mol. The monoisotopic (exact) mass is 629 g/mol. The lowest BCUT2D eigenvalue weighted by molar-refractivity contribution is 0.0696. The first kappa shape index (κ1) is 30.0. The molecule has 0 spiro atoms. The Morgan fingerprint density at radius 2 is 1.21 bits per heavy atom. The molecule has 8 heteroatoms. The molecule has 2 heterocycles. The third-order valence-electron chi connectivity index (χ3n) is 8.10. The first-order valence-electron chi connectivity index (χ1n) is 15.1. The first-order valence-corrected chi connectivity index (χ1v) is 15.1. The molecule has 0 saturated heterocycles. The molecule has 0 bridgehead atoms. The molecule has 1 aliphatic rings. The van der Waals surface area contributed by atoms with Gasteiger partial charge in [0.05, 0.1) is 40.9 Å². The zero-order valence-electron chi connectivity index (χ0n) is 25.7. The maximum Gasteiger partial charge on any atom is 0.335 e. The summed E-state index contributed by atoms with van der Waals surface area (Å²) < 4.78 is 5.24. The number of carbonyl (C=O) groups is 3. The SMILES string of the molecule is COc1ccc(/C=C/c2ccc(-c3cc(-c4ccc(N5C(=O)c6ccc(C(=O)O)cc6C5=O)cc4)nc(-c4ccccc4)n3)cc2)cc1. The van der Waals surface area contributed by atoms with Crippen molar-refractivity contribution >= 4 is 35.6 Å². The number of amides is 2. The molecular formula is C40H27N3O5. The van der Waals surface area contributed by atoms with Crippen molar-refractivity contribution in [2.24, 2.45) is 0 Å². The molecule has 1 N–H and O–H groups in total. The minimum Gasteiger partial charge on any atom is -0.497 e. The number of fused-ring (bicyclic) bond motifs is 1. The zero-order valence-corrected chi connectivity index (χ0v) is 25.7. The minimum atomic E-state index is -1.17. The van der Waals surface area contributed by atoms with Crippen molar-refractivity contribution in [1.82, 2.24) is 9.97 Å². The van der Waals surface area contributed by atoms with E-state index >= 15 is 0 Å². The number of imide groups is 1. The van der Waals surface area contributed by atoms with Gasteiger partial charge in [0.2, 0.25) is 0 Å². The van der Waals surface area contributed by atoms with Crippen molar-refractivity contribution in [2.75, 3.05) is 12.0 Å². The van der Waals surface area contributed by atoms with Crippen LogP contribution in [0.4, 0.5) is 5.69 Å². The summed E-state index contributed by atoms with van der Waals surface area (Å²) in [6.45, 7) is 0. The number of anilines is 1. The van der Waals surface area contributed by atoms with Crippen LogP contribution >= 0.6 is 0 Å². The predicted molar refractivity (Wildman–Crippen MR) is 185 cm³/mol. The fraction of sp³-hybridized carbons (Fsp3) is 0.0250. The van der Waals surface area contributed by atoms with Gasteiger partial charge in [-0.05, 0) is 59.7 Å². The van der Waals surface area contributed by atoms with Gasteiger partial charge < -0.3 is 9.84 Å². The van der Waals surface area contributed by atoms with E-state index in [1.165, 1.54) is 18.2 Å². The topological polar surface area (TPSA) is 110 Å². The van der Waals surface area contributed by atoms with Crippen LogP contribution < -0.4 is 9.64 Å². The molecule has 0 aliphatic carbocycles. The lowest BCUT2D eigenvalue weighted by atomic mass is 10.0. The van der Waals surface area contributed by atoms with Gasteiger partial charge in [0.25, 0.3) is 11.8 Å². The number of methoxy groups -OCH3 is 1. The van der Waals surface area contributed by atoms with Crippen molar-refractivity contribution in [1.29, 1.82) is 0 Å². The van der Waals surface area contributed by atoms with E-state index in [0.29, 0.717) is 17.2 Å². The van der Waals surface area contributed by atoms with Crippen LogP contribution in [0.25, 0.3) is 46.1 Å². The van der Waals surface area contributed by atoms with E-state index < -0.39 is 17.8 Å². The highest BCUT2D eigenvalue weighted by Gasteiger charge is 2.37. The lowest BCUT2D eigenvalue weighted by Gasteiger charge is -2.15. The maximum atomic E-state index is 13.2. The van der Waals surface area contributed by atoms with E-state index in [4.69, 9.17) is 14.7 Å². The summed E-state index contributed by atoms with van der Waals surface area (Å²) in [6, 6.07) is 38.5. The molecule has 1 aliphatic heterocycles. The Bertz CT molecular complexity index is 2210. The average Bonchev–Trinajstić information content (AvgIpc) is 3.39. The highest BCUT2D eigenvalue weighted by molar-refractivity contribution is 6.34. The van der Waals surface area contributed by atoms with Gasteiger partial charge in [-0.3, -0.25) is 9.59 Å². The van der Waals surface area contributed by atoms with E-state index in [1.807, 2.05) is 97.1 Å². The Balaban J connectivity index is 1.19. The van der Waals surface area contributed by atoms with Crippen LogP contribution in [-0.4, -0.2) is 40.0 Å². The fourth-order valence-corrected chi connectivity index (χ4v) is 5.52. The molecule has 0 atom stereocenters. The Kier molecular flexibility index (Phi) is 7.89. The Morgan fingerprint density at radius 3 is 1.79 bits per heavy atom. The second-order valence-corrected chi connectivity index (χ2v) is 11.1. The number of carboxylic acid groups (broad SMARTS) is 1. The average molecular weight is 630 g/mol. The van der Waals surface area contributed by atoms with Gasteiger partial charge >= 0.3 is 5.97 Å². The smallest absolute Gasteiger partial charge is 0.335 e. The molecule has 0 saturated carbocycles. The van der Waals surface area contributed by atoms with Crippen LogP contribution in [0.3, 0.4) is 0 Å². The number of hydrogen-bond donors (Lipinski definition) is 1. The Labute approximate surface area is 276 Å². The quantitative estimate of drug-likeness (QED) is 0.134. The van der Waals surface area contributed by atoms with Gasteiger partial charge in [0.1, 0.15) is 5.75 Å². The third kappa shape index (κ3) is 5.86. The van der Waals surface area contributed by atoms with E-state index in [0.717, 1.165) is 44.2 Å². The standard InChI is InChI=1S/C40H27N3O5/c1-48-32-20-11-26(12-21-32)8-7-25-9-13-27(14-10-25)35-24-36(42-37(41-35)29-5-3-2-4-6-29)28-15-18-31(19-16-28)43-38(44)33-22-17-30(40(46)47)23-34(33)39(43)45/h2-24H,1H3,(H,46,47)/b8-7+. The van der Waals surface area contributed by atoms with Crippen LogP contribution in [0.15, 0.2) is 127 Å². The second kappa shape index (κ2) is 12.6. The van der Waals surface area contributed by atoms with Gasteiger partial charge in [-0.25, -0.2) is 19.7 Å². The van der Waals surface area contributed by atoms with Crippen molar-refractivity contribution in [3.8, 4) is 39.7 Å². The summed E-state index contributed by atoms with van der Waals surface area (Å²) in [4.78, 5) is 48.6. The minimum absolute atomic E-state index is 0.0550. The van der Waals surface area contributed by atoms with Gasteiger partial charge in [0, 0.05) is 16.7 Å². The van der Waals surface area contributed by atoms with Crippen LogP contribution in [0.5, 0.6) is 5.75 Å². The first-order chi connectivity index (χ1) is 23.4.